The van der Waals surface area contributed by atoms with Gasteiger partial charge in [-0.25, -0.2) is 0 Å². The second-order valence-electron chi connectivity index (χ2n) is 4.11. The van der Waals surface area contributed by atoms with Crippen LogP contribution in [0.4, 0.5) is 5.69 Å². The molecule has 0 amide bonds. The minimum Gasteiger partial charge on any atom is -0.462 e. The van der Waals surface area contributed by atoms with Crippen molar-refractivity contribution in [1.29, 1.82) is 0 Å². The molecule has 1 heterocycles. The third-order valence-corrected chi connectivity index (χ3v) is 2.13. The van der Waals surface area contributed by atoms with E-state index >= 15 is 0 Å². The first-order valence-corrected chi connectivity index (χ1v) is 5.36. The Morgan fingerprint density at radius 1 is 1.56 bits per heavy atom. The van der Waals surface area contributed by atoms with Gasteiger partial charge >= 0.3 is 5.97 Å². The van der Waals surface area contributed by atoms with Gasteiger partial charge in [-0.1, -0.05) is 0 Å². The van der Waals surface area contributed by atoms with E-state index in [2.05, 4.69) is 0 Å². The molecule has 0 fully saturated rings. The highest BCUT2D eigenvalue weighted by atomic mass is 16.6. The molecule has 1 rings (SSSR count). The van der Waals surface area contributed by atoms with Gasteiger partial charge in [0.25, 0.3) is 11.2 Å². The summed E-state index contributed by atoms with van der Waals surface area (Å²) in [4.78, 5) is 33.2. The monoisotopic (exact) mass is 254 g/mol. The molecule has 0 aliphatic carbocycles. The maximum atomic E-state index is 11.7. The first kappa shape index (κ1) is 13.9. The number of aryl methyl sites for hydroxylation is 1. The van der Waals surface area contributed by atoms with Crippen LogP contribution in [0.5, 0.6) is 0 Å². The number of pyridine rings is 1. The summed E-state index contributed by atoms with van der Waals surface area (Å²) in [5, 5.41) is 10.7. The van der Waals surface area contributed by atoms with Crippen LogP contribution in [0.25, 0.3) is 0 Å². The van der Waals surface area contributed by atoms with Gasteiger partial charge in [-0.3, -0.25) is 24.3 Å². The molecule has 0 saturated carbocycles. The molecule has 0 aromatic carbocycles. The molecule has 0 aliphatic heterocycles. The number of hydrogen-bond acceptors (Lipinski definition) is 5. The molecule has 7 nitrogen and oxygen atoms in total. The fraction of sp³-hybridized carbons (Fsp3) is 0.455. The number of rotatable bonds is 4. The van der Waals surface area contributed by atoms with E-state index in [1.807, 2.05) is 0 Å². The molecular formula is C11H14N2O5. The van der Waals surface area contributed by atoms with Gasteiger partial charge in [0, 0.05) is 11.6 Å². The Morgan fingerprint density at radius 2 is 2.17 bits per heavy atom. The maximum absolute atomic E-state index is 11.7. The molecule has 0 aliphatic rings. The van der Waals surface area contributed by atoms with E-state index in [9.17, 15) is 19.7 Å². The number of nitro groups is 1. The molecule has 0 saturated heterocycles. The van der Waals surface area contributed by atoms with E-state index in [4.69, 9.17) is 4.74 Å². The summed E-state index contributed by atoms with van der Waals surface area (Å²) in [7, 11) is 0. The summed E-state index contributed by atoms with van der Waals surface area (Å²) in [6.45, 7) is 4.48. The molecule has 1 aromatic rings. The van der Waals surface area contributed by atoms with Crippen LogP contribution in [0.15, 0.2) is 17.1 Å². The average Bonchev–Trinajstić information content (AvgIpc) is 2.22. The summed E-state index contributed by atoms with van der Waals surface area (Å²) in [6, 6.07) is 1.17. The van der Waals surface area contributed by atoms with Crippen molar-refractivity contribution in [3.63, 3.8) is 0 Å². The maximum Gasteiger partial charge on any atom is 0.326 e. The van der Waals surface area contributed by atoms with Crippen molar-refractivity contribution in [2.75, 3.05) is 0 Å². The molecular weight excluding hydrogens is 240 g/mol. The van der Waals surface area contributed by atoms with Crippen LogP contribution < -0.4 is 5.56 Å². The van der Waals surface area contributed by atoms with E-state index in [-0.39, 0.29) is 23.9 Å². The summed E-state index contributed by atoms with van der Waals surface area (Å²) in [5.41, 5.74) is -0.465. The van der Waals surface area contributed by atoms with E-state index in [1.54, 1.807) is 13.8 Å². The van der Waals surface area contributed by atoms with Gasteiger partial charge in [0.05, 0.1) is 17.2 Å². The van der Waals surface area contributed by atoms with Crippen LogP contribution in [0, 0.1) is 17.0 Å². The molecule has 98 valence electrons. The number of hydrogen-bond donors (Lipinski definition) is 0. The van der Waals surface area contributed by atoms with Crippen LogP contribution >= 0.6 is 0 Å². The Labute approximate surface area is 103 Å². The van der Waals surface area contributed by atoms with E-state index in [1.165, 1.54) is 13.0 Å². The second kappa shape index (κ2) is 5.44. The minimum absolute atomic E-state index is 0.210. The lowest BCUT2D eigenvalue weighted by atomic mass is 10.3. The molecule has 0 bridgehead atoms. The lowest BCUT2D eigenvalue weighted by Crippen LogP contribution is -2.27. The Morgan fingerprint density at radius 3 is 2.67 bits per heavy atom. The second-order valence-corrected chi connectivity index (χ2v) is 4.11. The fourth-order valence-electron chi connectivity index (χ4n) is 1.42. The zero-order chi connectivity index (χ0) is 13.9. The molecule has 1 aromatic heterocycles. The standard InChI is InChI=1S/C11H14N2O5/c1-7(2)18-10(14)6-12-5-9(13(16)17)4-8(3)11(12)15/h4-5,7H,6H2,1-3H3. The smallest absolute Gasteiger partial charge is 0.326 e. The summed E-state index contributed by atoms with van der Waals surface area (Å²) in [5.74, 6) is -0.605. The molecule has 0 radical (unpaired) electrons. The fourth-order valence-corrected chi connectivity index (χ4v) is 1.42. The van der Waals surface area contributed by atoms with Gasteiger partial charge in [0.15, 0.2) is 0 Å². The molecule has 0 spiro atoms. The van der Waals surface area contributed by atoms with Gasteiger partial charge in [0.1, 0.15) is 6.54 Å². The first-order chi connectivity index (χ1) is 8.31. The number of ether oxygens (including phenoxy) is 1. The van der Waals surface area contributed by atoms with Crippen molar-refractivity contribution in [3.8, 4) is 0 Å². The van der Waals surface area contributed by atoms with E-state index in [0.717, 1.165) is 10.8 Å². The van der Waals surface area contributed by atoms with Crippen LogP contribution in [-0.2, 0) is 16.1 Å². The van der Waals surface area contributed by atoms with Gasteiger partial charge in [-0.15, -0.1) is 0 Å². The van der Waals surface area contributed by atoms with Gasteiger partial charge in [-0.05, 0) is 20.8 Å². The third kappa shape index (κ3) is 3.41. The molecule has 18 heavy (non-hydrogen) atoms. The highest BCUT2D eigenvalue weighted by Gasteiger charge is 2.14. The molecule has 0 unspecified atom stereocenters. The van der Waals surface area contributed by atoms with E-state index < -0.39 is 16.5 Å². The first-order valence-electron chi connectivity index (χ1n) is 5.36. The predicted octanol–water partition coefficient (Wildman–Crippen LogP) is 1.02. The van der Waals surface area contributed by atoms with E-state index in [0.29, 0.717) is 0 Å². The van der Waals surface area contributed by atoms with Crippen molar-refractivity contribution >= 4 is 11.7 Å². The van der Waals surface area contributed by atoms with Crippen molar-refractivity contribution in [2.45, 2.75) is 33.4 Å². The third-order valence-electron chi connectivity index (χ3n) is 2.13. The molecule has 0 atom stereocenters. The summed E-state index contributed by atoms with van der Waals surface area (Å²) in [6.07, 6.45) is 0.740. The topological polar surface area (TPSA) is 91.4 Å². The average molecular weight is 254 g/mol. The SMILES string of the molecule is Cc1cc([N+](=O)[O-])cn(CC(=O)OC(C)C)c1=O. The van der Waals surface area contributed by atoms with Gasteiger partial charge < -0.3 is 4.74 Å². The quantitative estimate of drug-likeness (QED) is 0.454. The zero-order valence-electron chi connectivity index (χ0n) is 10.4. The Bertz CT molecular complexity index is 533. The lowest BCUT2D eigenvalue weighted by Gasteiger charge is -2.09. The normalized spacial score (nSPS) is 10.4. The van der Waals surface area contributed by atoms with Crippen molar-refractivity contribution in [3.05, 3.63) is 38.3 Å². The summed E-state index contributed by atoms with van der Waals surface area (Å²) >= 11 is 0. The molecule has 0 N–H and O–H groups in total. The van der Waals surface area contributed by atoms with Crippen LogP contribution in [0.1, 0.15) is 19.4 Å². The van der Waals surface area contributed by atoms with Crippen molar-refractivity contribution in [2.24, 2.45) is 0 Å². The zero-order valence-corrected chi connectivity index (χ0v) is 10.4. The van der Waals surface area contributed by atoms with Crippen molar-refractivity contribution < 1.29 is 14.5 Å². The highest BCUT2D eigenvalue weighted by Crippen LogP contribution is 2.09. The Balaban J connectivity index is 3.05. The number of carbonyl (C=O) groups excluding carboxylic acids is 1. The van der Waals surface area contributed by atoms with Crippen LogP contribution in [0.3, 0.4) is 0 Å². The number of carbonyl (C=O) groups is 1. The van der Waals surface area contributed by atoms with Gasteiger partial charge in [-0.2, -0.15) is 0 Å². The predicted molar refractivity (Wildman–Crippen MR) is 63.3 cm³/mol. The lowest BCUT2D eigenvalue weighted by molar-refractivity contribution is -0.385. The molecule has 7 heteroatoms. The van der Waals surface area contributed by atoms with Crippen molar-refractivity contribution in [1.82, 2.24) is 4.57 Å². The van der Waals surface area contributed by atoms with Crippen LogP contribution in [-0.4, -0.2) is 21.6 Å². The Kier molecular flexibility index (Phi) is 4.19. The summed E-state index contributed by atoms with van der Waals surface area (Å²) < 4.78 is 5.87. The Hall–Kier alpha value is -2.18. The van der Waals surface area contributed by atoms with Crippen LogP contribution in [0.2, 0.25) is 0 Å². The number of aromatic nitrogens is 1. The number of esters is 1. The van der Waals surface area contributed by atoms with Gasteiger partial charge in [0.2, 0.25) is 0 Å². The highest BCUT2D eigenvalue weighted by molar-refractivity contribution is 5.69. The largest absolute Gasteiger partial charge is 0.462 e. The number of nitrogens with zero attached hydrogens (tertiary/aromatic N) is 2. The minimum atomic E-state index is -0.614.